The number of piperazine rings is 1. The number of β-amino-alcohol motifs (C(OH)–C–C–N with tert-alkyl or cyclic N) is 1. The van der Waals surface area contributed by atoms with Crippen LogP contribution in [0.4, 0.5) is 0 Å². The zero-order valence-corrected chi connectivity index (χ0v) is 10.3. The summed E-state index contributed by atoms with van der Waals surface area (Å²) in [7, 11) is 1.64. The molecule has 1 atom stereocenters. The van der Waals surface area contributed by atoms with Gasteiger partial charge in [0, 0.05) is 46.4 Å². The SMILES string of the molecule is COCC(O)CN1CCN(CC2CC2)CC1. The minimum absolute atomic E-state index is 0.333. The molecule has 1 unspecified atom stereocenters. The van der Waals surface area contributed by atoms with E-state index in [2.05, 4.69) is 9.80 Å². The molecule has 2 fully saturated rings. The van der Waals surface area contributed by atoms with Crippen LogP contribution in [0.15, 0.2) is 0 Å². The van der Waals surface area contributed by atoms with Gasteiger partial charge in [0.2, 0.25) is 0 Å². The van der Waals surface area contributed by atoms with E-state index >= 15 is 0 Å². The van der Waals surface area contributed by atoms with Crippen molar-refractivity contribution < 1.29 is 9.84 Å². The summed E-state index contributed by atoms with van der Waals surface area (Å²) < 4.78 is 4.94. The maximum absolute atomic E-state index is 9.64. The first-order valence-electron chi connectivity index (χ1n) is 6.39. The van der Waals surface area contributed by atoms with Crippen LogP contribution < -0.4 is 0 Å². The van der Waals surface area contributed by atoms with E-state index in [1.165, 1.54) is 19.4 Å². The first kappa shape index (κ1) is 12.3. The highest BCUT2D eigenvalue weighted by Crippen LogP contribution is 2.29. The Labute approximate surface area is 98.2 Å². The third-order valence-electron chi connectivity index (χ3n) is 3.51. The Hall–Kier alpha value is -0.160. The third-order valence-corrected chi connectivity index (χ3v) is 3.51. The van der Waals surface area contributed by atoms with Crippen molar-refractivity contribution in [1.82, 2.24) is 9.80 Å². The van der Waals surface area contributed by atoms with Crippen LogP contribution in [0.1, 0.15) is 12.8 Å². The number of aliphatic hydroxyl groups is 1. The Morgan fingerprint density at radius 2 is 1.81 bits per heavy atom. The summed E-state index contributed by atoms with van der Waals surface area (Å²) in [6, 6.07) is 0. The van der Waals surface area contributed by atoms with Crippen molar-refractivity contribution in [3.63, 3.8) is 0 Å². The van der Waals surface area contributed by atoms with E-state index in [-0.39, 0.29) is 6.10 Å². The lowest BCUT2D eigenvalue weighted by molar-refractivity contribution is 0.0234. The number of aliphatic hydroxyl groups excluding tert-OH is 1. The standard InChI is InChI=1S/C12H24N2O2/c1-16-10-12(15)9-14-6-4-13(5-7-14)8-11-2-3-11/h11-12,15H,2-10H2,1H3. The van der Waals surface area contributed by atoms with E-state index in [1.54, 1.807) is 7.11 Å². The van der Waals surface area contributed by atoms with Crippen LogP contribution >= 0.6 is 0 Å². The minimum Gasteiger partial charge on any atom is -0.389 e. The van der Waals surface area contributed by atoms with Gasteiger partial charge in [-0.15, -0.1) is 0 Å². The molecule has 0 aromatic carbocycles. The molecule has 0 radical (unpaired) electrons. The largest absolute Gasteiger partial charge is 0.389 e. The quantitative estimate of drug-likeness (QED) is 0.695. The predicted molar refractivity (Wildman–Crippen MR) is 63.5 cm³/mol. The van der Waals surface area contributed by atoms with Gasteiger partial charge < -0.3 is 14.7 Å². The van der Waals surface area contributed by atoms with Gasteiger partial charge in [0.25, 0.3) is 0 Å². The summed E-state index contributed by atoms with van der Waals surface area (Å²) >= 11 is 0. The molecule has 4 nitrogen and oxygen atoms in total. The molecule has 0 spiro atoms. The van der Waals surface area contributed by atoms with Crippen LogP contribution in [-0.2, 0) is 4.74 Å². The smallest absolute Gasteiger partial charge is 0.0900 e. The summed E-state index contributed by atoms with van der Waals surface area (Å²) in [6.07, 6.45) is 2.54. The van der Waals surface area contributed by atoms with Gasteiger partial charge in [-0.05, 0) is 18.8 Å². The van der Waals surface area contributed by atoms with Gasteiger partial charge in [-0.3, -0.25) is 4.90 Å². The lowest BCUT2D eigenvalue weighted by atomic mass is 10.2. The van der Waals surface area contributed by atoms with Crippen LogP contribution in [0.25, 0.3) is 0 Å². The second-order valence-corrected chi connectivity index (χ2v) is 5.15. The Morgan fingerprint density at radius 3 is 2.38 bits per heavy atom. The van der Waals surface area contributed by atoms with Gasteiger partial charge >= 0.3 is 0 Å². The maximum Gasteiger partial charge on any atom is 0.0900 e. The third kappa shape index (κ3) is 4.01. The van der Waals surface area contributed by atoms with Crippen molar-refractivity contribution in [2.75, 3.05) is 53.0 Å². The van der Waals surface area contributed by atoms with Crippen molar-refractivity contribution in [2.45, 2.75) is 18.9 Å². The maximum atomic E-state index is 9.64. The van der Waals surface area contributed by atoms with E-state index in [0.717, 1.165) is 38.6 Å². The van der Waals surface area contributed by atoms with E-state index in [4.69, 9.17) is 4.74 Å². The van der Waals surface area contributed by atoms with Crippen LogP contribution in [0, 0.1) is 5.92 Å². The average molecular weight is 228 g/mol. The van der Waals surface area contributed by atoms with Gasteiger partial charge in [-0.25, -0.2) is 0 Å². The second kappa shape index (κ2) is 5.96. The minimum atomic E-state index is -0.333. The molecule has 1 aliphatic carbocycles. The molecule has 0 aromatic rings. The molecular weight excluding hydrogens is 204 g/mol. The fraction of sp³-hybridized carbons (Fsp3) is 1.00. The van der Waals surface area contributed by atoms with E-state index < -0.39 is 0 Å². The normalized spacial score (nSPS) is 25.9. The van der Waals surface area contributed by atoms with Crippen molar-refractivity contribution in [3.05, 3.63) is 0 Å². The van der Waals surface area contributed by atoms with Gasteiger partial charge in [-0.2, -0.15) is 0 Å². The molecular formula is C12H24N2O2. The number of hydrogen-bond acceptors (Lipinski definition) is 4. The Balaban J connectivity index is 1.60. The Bertz CT molecular complexity index is 201. The molecule has 2 aliphatic rings. The number of rotatable bonds is 6. The van der Waals surface area contributed by atoms with Crippen molar-refractivity contribution in [3.8, 4) is 0 Å². The molecule has 1 heterocycles. The molecule has 1 saturated carbocycles. The van der Waals surface area contributed by atoms with E-state index in [1.807, 2.05) is 0 Å². The summed E-state index contributed by atoms with van der Waals surface area (Å²) in [5.74, 6) is 0.991. The fourth-order valence-corrected chi connectivity index (χ4v) is 2.36. The Morgan fingerprint density at radius 1 is 1.19 bits per heavy atom. The molecule has 94 valence electrons. The summed E-state index contributed by atoms with van der Waals surface area (Å²) in [6.45, 7) is 7.01. The molecule has 0 aromatic heterocycles. The van der Waals surface area contributed by atoms with Gasteiger partial charge in [0.05, 0.1) is 12.7 Å². The summed E-state index contributed by atoms with van der Waals surface area (Å²) in [4.78, 5) is 4.91. The lowest BCUT2D eigenvalue weighted by Gasteiger charge is -2.35. The predicted octanol–water partition coefficient (Wildman–Crippen LogP) is 0.0213. The van der Waals surface area contributed by atoms with E-state index in [9.17, 15) is 5.11 Å². The van der Waals surface area contributed by atoms with Crippen molar-refractivity contribution in [2.24, 2.45) is 5.92 Å². The number of ether oxygens (including phenoxy) is 1. The lowest BCUT2D eigenvalue weighted by Crippen LogP contribution is -2.49. The van der Waals surface area contributed by atoms with Gasteiger partial charge in [-0.1, -0.05) is 0 Å². The highest BCUT2D eigenvalue weighted by atomic mass is 16.5. The molecule has 0 amide bonds. The first-order valence-corrected chi connectivity index (χ1v) is 6.39. The van der Waals surface area contributed by atoms with Crippen LogP contribution in [0.2, 0.25) is 0 Å². The van der Waals surface area contributed by atoms with Gasteiger partial charge in [0.1, 0.15) is 0 Å². The number of hydrogen-bond donors (Lipinski definition) is 1. The van der Waals surface area contributed by atoms with Crippen LogP contribution in [-0.4, -0.2) is 74.0 Å². The second-order valence-electron chi connectivity index (χ2n) is 5.15. The fourth-order valence-electron chi connectivity index (χ4n) is 2.36. The zero-order valence-electron chi connectivity index (χ0n) is 10.3. The molecule has 16 heavy (non-hydrogen) atoms. The molecule has 1 N–H and O–H groups in total. The first-order chi connectivity index (χ1) is 7.78. The highest BCUT2D eigenvalue weighted by Gasteiger charge is 2.26. The summed E-state index contributed by atoms with van der Waals surface area (Å²) in [5, 5.41) is 9.64. The van der Waals surface area contributed by atoms with Crippen LogP contribution in [0.3, 0.4) is 0 Å². The van der Waals surface area contributed by atoms with E-state index in [0.29, 0.717) is 6.61 Å². The molecule has 4 heteroatoms. The topological polar surface area (TPSA) is 35.9 Å². The monoisotopic (exact) mass is 228 g/mol. The van der Waals surface area contributed by atoms with Gasteiger partial charge in [0.15, 0.2) is 0 Å². The number of methoxy groups -OCH3 is 1. The average Bonchev–Trinajstić information content (AvgIpc) is 3.05. The number of nitrogens with zero attached hydrogens (tertiary/aromatic N) is 2. The molecule has 0 bridgehead atoms. The molecule has 1 aliphatic heterocycles. The molecule has 1 saturated heterocycles. The van der Waals surface area contributed by atoms with Crippen molar-refractivity contribution >= 4 is 0 Å². The molecule has 2 rings (SSSR count). The zero-order chi connectivity index (χ0) is 11.4. The van der Waals surface area contributed by atoms with Crippen LogP contribution in [0.5, 0.6) is 0 Å². The Kier molecular flexibility index (Phi) is 4.58. The highest BCUT2D eigenvalue weighted by molar-refractivity contribution is 4.81. The summed E-state index contributed by atoms with van der Waals surface area (Å²) in [5.41, 5.74) is 0. The van der Waals surface area contributed by atoms with Crippen molar-refractivity contribution in [1.29, 1.82) is 0 Å².